The highest BCUT2D eigenvalue weighted by Crippen LogP contribution is 2.25. The van der Waals surface area contributed by atoms with Gasteiger partial charge in [0.1, 0.15) is 12.3 Å². The van der Waals surface area contributed by atoms with E-state index in [-0.39, 0.29) is 24.3 Å². The lowest BCUT2D eigenvalue weighted by molar-refractivity contribution is -0.930. The van der Waals surface area contributed by atoms with Crippen molar-refractivity contribution in [2.24, 2.45) is 0 Å². The third-order valence-electron chi connectivity index (χ3n) is 5.30. The van der Waals surface area contributed by atoms with Crippen LogP contribution in [0.5, 0.6) is 5.75 Å². The van der Waals surface area contributed by atoms with Crippen molar-refractivity contribution in [3.05, 3.63) is 59.7 Å². The maximum Gasteiger partial charge on any atom is 0.292 e. The highest BCUT2D eigenvalue weighted by atomic mass is 16.5. The summed E-state index contributed by atoms with van der Waals surface area (Å²) in [4.78, 5) is 28.1. The van der Waals surface area contributed by atoms with Crippen molar-refractivity contribution in [3.8, 4) is 5.75 Å². The van der Waals surface area contributed by atoms with E-state index in [1.165, 1.54) is 20.9 Å². The molecule has 5 nitrogen and oxygen atoms in total. The second kappa shape index (κ2) is 6.92. The van der Waals surface area contributed by atoms with Crippen molar-refractivity contribution in [2.75, 3.05) is 18.1 Å². The molecule has 2 aliphatic rings. The van der Waals surface area contributed by atoms with Gasteiger partial charge in [-0.25, -0.2) is 4.90 Å². The number of anilines is 1. The first-order chi connectivity index (χ1) is 12.7. The molecule has 0 saturated carbocycles. The quantitative estimate of drug-likeness (QED) is 0.847. The van der Waals surface area contributed by atoms with Crippen LogP contribution in [0.15, 0.2) is 48.5 Å². The zero-order valence-electron chi connectivity index (χ0n) is 14.9. The van der Waals surface area contributed by atoms with E-state index in [4.69, 9.17) is 4.74 Å². The van der Waals surface area contributed by atoms with Gasteiger partial charge in [0.2, 0.25) is 5.91 Å². The van der Waals surface area contributed by atoms with E-state index < -0.39 is 0 Å². The van der Waals surface area contributed by atoms with Gasteiger partial charge in [0, 0.05) is 12.0 Å². The number of amides is 2. The summed E-state index contributed by atoms with van der Waals surface area (Å²) in [5, 5.41) is 0. The minimum atomic E-state index is -0.289. The molecule has 0 aliphatic carbocycles. The van der Waals surface area contributed by atoms with Gasteiger partial charge < -0.3 is 9.64 Å². The Balaban J connectivity index is 1.52. The third-order valence-corrected chi connectivity index (χ3v) is 5.30. The zero-order chi connectivity index (χ0) is 18.1. The molecule has 0 spiro atoms. The van der Waals surface area contributed by atoms with Gasteiger partial charge in [-0.2, -0.15) is 0 Å². The summed E-state index contributed by atoms with van der Waals surface area (Å²) < 4.78 is 5.43. The van der Waals surface area contributed by atoms with Crippen LogP contribution in [0.1, 0.15) is 24.5 Å². The topological polar surface area (TPSA) is 51.0 Å². The molecule has 1 unspecified atom stereocenters. The number of rotatable bonds is 4. The van der Waals surface area contributed by atoms with E-state index in [0.29, 0.717) is 12.3 Å². The molecule has 26 heavy (non-hydrogen) atoms. The molecule has 1 fully saturated rings. The number of nitrogens with one attached hydrogen (secondary N) is 1. The number of fused-ring (bicyclic) bond motifs is 1. The van der Waals surface area contributed by atoms with Crippen LogP contribution >= 0.6 is 0 Å². The van der Waals surface area contributed by atoms with Crippen molar-refractivity contribution in [1.29, 1.82) is 0 Å². The van der Waals surface area contributed by atoms with Crippen molar-refractivity contribution in [2.45, 2.75) is 32.4 Å². The maximum absolute atomic E-state index is 13.0. The Hall–Kier alpha value is -2.66. The third kappa shape index (κ3) is 2.99. The molecule has 0 radical (unpaired) electrons. The summed E-state index contributed by atoms with van der Waals surface area (Å²) in [6.07, 6.45) is 1.23. The summed E-state index contributed by atoms with van der Waals surface area (Å²) >= 11 is 0. The van der Waals surface area contributed by atoms with Gasteiger partial charge in [-0.3, -0.25) is 9.59 Å². The Labute approximate surface area is 153 Å². The van der Waals surface area contributed by atoms with E-state index in [1.54, 1.807) is 24.3 Å². The van der Waals surface area contributed by atoms with E-state index >= 15 is 0 Å². The van der Waals surface area contributed by atoms with Gasteiger partial charge in [0.15, 0.2) is 6.04 Å². The Kier molecular flexibility index (Phi) is 4.47. The lowest BCUT2D eigenvalue weighted by Gasteiger charge is -2.29. The van der Waals surface area contributed by atoms with Gasteiger partial charge in [-0.15, -0.1) is 0 Å². The Bertz CT molecular complexity index is 831. The molecule has 0 bridgehead atoms. The second-order valence-electron chi connectivity index (χ2n) is 6.85. The highest BCUT2D eigenvalue weighted by Gasteiger charge is 2.46. The predicted molar refractivity (Wildman–Crippen MR) is 98.2 cm³/mol. The molecule has 4 rings (SSSR count). The van der Waals surface area contributed by atoms with Gasteiger partial charge in [-0.1, -0.05) is 24.3 Å². The molecule has 1 saturated heterocycles. The fourth-order valence-corrected chi connectivity index (χ4v) is 3.98. The average Bonchev–Trinajstić information content (AvgIpc) is 2.97. The van der Waals surface area contributed by atoms with E-state index in [0.717, 1.165) is 25.3 Å². The van der Waals surface area contributed by atoms with E-state index in [2.05, 4.69) is 18.2 Å². The van der Waals surface area contributed by atoms with Crippen LogP contribution in [0.4, 0.5) is 5.69 Å². The minimum Gasteiger partial charge on any atom is -0.494 e. The summed E-state index contributed by atoms with van der Waals surface area (Å²) in [5.74, 6) is 0.536. The van der Waals surface area contributed by atoms with Crippen molar-refractivity contribution in [1.82, 2.24) is 0 Å². The number of carbonyl (C=O) groups is 2. The average molecular weight is 351 g/mol. The molecule has 2 aliphatic heterocycles. The Morgan fingerprint density at radius 3 is 2.54 bits per heavy atom. The number of benzene rings is 2. The van der Waals surface area contributed by atoms with Crippen LogP contribution in [0.2, 0.25) is 0 Å². The summed E-state index contributed by atoms with van der Waals surface area (Å²) in [5.41, 5.74) is 3.27. The predicted octanol–water partition coefficient (Wildman–Crippen LogP) is 1.36. The van der Waals surface area contributed by atoms with Gasteiger partial charge >= 0.3 is 0 Å². The molecule has 2 heterocycles. The minimum absolute atomic E-state index is 0.0893. The Morgan fingerprint density at radius 1 is 1.08 bits per heavy atom. The Morgan fingerprint density at radius 2 is 1.81 bits per heavy atom. The molecule has 2 amide bonds. The first kappa shape index (κ1) is 16.8. The molecular weight excluding hydrogens is 328 g/mol. The lowest BCUT2D eigenvalue weighted by Crippen LogP contribution is -3.16. The standard InChI is InChI=1S/C21H22N2O3/c1-2-26-18-9-7-17(8-10-18)23-20(24)13-19(21(23)25)22-12-11-15-5-3-4-6-16(15)14-22/h3-10,19H,2,11-14H2,1H3/p+1/t19-/m0/s1. The van der Waals surface area contributed by atoms with E-state index in [9.17, 15) is 9.59 Å². The largest absolute Gasteiger partial charge is 0.494 e. The fraction of sp³-hybridized carbons (Fsp3) is 0.333. The molecular formula is C21H23N2O3+. The van der Waals surface area contributed by atoms with Crippen LogP contribution in [0.3, 0.4) is 0 Å². The highest BCUT2D eigenvalue weighted by molar-refractivity contribution is 6.21. The SMILES string of the molecule is CCOc1ccc(N2C(=O)C[C@H]([NH+]3CCc4ccccc4C3)C2=O)cc1. The zero-order valence-corrected chi connectivity index (χ0v) is 14.9. The number of nitrogens with zero attached hydrogens (tertiary/aromatic N) is 1. The molecule has 0 aromatic heterocycles. The fourth-order valence-electron chi connectivity index (χ4n) is 3.98. The molecule has 2 atom stereocenters. The number of hydrogen-bond donors (Lipinski definition) is 1. The monoisotopic (exact) mass is 351 g/mol. The molecule has 1 N–H and O–H groups in total. The summed E-state index contributed by atoms with van der Waals surface area (Å²) in [6.45, 7) is 4.20. The van der Waals surface area contributed by atoms with Gasteiger partial charge in [0.05, 0.1) is 25.3 Å². The van der Waals surface area contributed by atoms with Crippen molar-refractivity contribution in [3.63, 3.8) is 0 Å². The number of hydrogen-bond acceptors (Lipinski definition) is 3. The van der Waals surface area contributed by atoms with Crippen molar-refractivity contribution < 1.29 is 19.2 Å². The number of ether oxygens (including phenoxy) is 1. The smallest absolute Gasteiger partial charge is 0.292 e. The number of imide groups is 1. The van der Waals surface area contributed by atoms with Crippen molar-refractivity contribution >= 4 is 17.5 Å². The van der Waals surface area contributed by atoms with E-state index in [1.807, 2.05) is 13.0 Å². The first-order valence-corrected chi connectivity index (χ1v) is 9.18. The number of quaternary nitrogens is 1. The first-order valence-electron chi connectivity index (χ1n) is 9.18. The molecule has 2 aromatic rings. The summed E-state index contributed by atoms with van der Waals surface area (Å²) in [6, 6.07) is 15.3. The van der Waals surface area contributed by atoms with Crippen LogP contribution in [0.25, 0.3) is 0 Å². The summed E-state index contributed by atoms with van der Waals surface area (Å²) in [7, 11) is 0. The van der Waals surface area contributed by atoms with Gasteiger partial charge in [-0.05, 0) is 36.8 Å². The van der Waals surface area contributed by atoms with Crippen LogP contribution in [-0.4, -0.2) is 31.0 Å². The molecule has 5 heteroatoms. The number of carbonyl (C=O) groups excluding carboxylic acids is 2. The normalized spacial score (nSPS) is 22.4. The second-order valence-corrected chi connectivity index (χ2v) is 6.85. The lowest BCUT2D eigenvalue weighted by atomic mass is 9.98. The van der Waals surface area contributed by atoms with Crippen LogP contribution in [-0.2, 0) is 22.6 Å². The van der Waals surface area contributed by atoms with Crippen LogP contribution in [0, 0.1) is 0 Å². The molecule has 134 valence electrons. The van der Waals surface area contributed by atoms with Gasteiger partial charge in [0.25, 0.3) is 5.91 Å². The molecule has 2 aromatic carbocycles. The van der Waals surface area contributed by atoms with Crippen LogP contribution < -0.4 is 14.5 Å². The maximum atomic E-state index is 13.0.